The summed E-state index contributed by atoms with van der Waals surface area (Å²) < 4.78 is 5.31. The zero-order valence-electron chi connectivity index (χ0n) is 12.4. The number of hydrogen-bond donors (Lipinski definition) is 1. The molecule has 1 aliphatic carbocycles. The van der Waals surface area contributed by atoms with Gasteiger partial charge in [-0.25, -0.2) is 9.97 Å². The van der Waals surface area contributed by atoms with Gasteiger partial charge >= 0.3 is 0 Å². The Kier molecular flexibility index (Phi) is 4.05. The largest absolute Gasteiger partial charge is 0.384 e. The van der Waals surface area contributed by atoms with Gasteiger partial charge in [0.1, 0.15) is 17.5 Å². The van der Waals surface area contributed by atoms with Crippen molar-refractivity contribution >= 4 is 11.6 Å². The van der Waals surface area contributed by atoms with Crippen LogP contribution < -0.4 is 10.2 Å². The van der Waals surface area contributed by atoms with Crippen molar-refractivity contribution in [2.24, 2.45) is 5.92 Å². The number of aromatic nitrogens is 2. The maximum Gasteiger partial charge on any atom is 0.136 e. The lowest BCUT2D eigenvalue weighted by molar-refractivity contribution is 0.143. The number of hydrogen-bond acceptors (Lipinski definition) is 5. The monoisotopic (exact) mass is 276 g/mol. The molecule has 0 aromatic carbocycles. The first-order valence-corrected chi connectivity index (χ1v) is 7.60. The Morgan fingerprint density at radius 1 is 1.35 bits per heavy atom. The first kappa shape index (κ1) is 13.6. The van der Waals surface area contributed by atoms with E-state index in [4.69, 9.17) is 9.72 Å². The lowest BCUT2D eigenvalue weighted by atomic mass is 9.99. The van der Waals surface area contributed by atoms with Crippen molar-refractivity contribution in [3.8, 4) is 0 Å². The van der Waals surface area contributed by atoms with Crippen LogP contribution in [0.3, 0.4) is 0 Å². The minimum absolute atomic E-state index is 0.585. The molecule has 110 valence electrons. The second-order valence-electron chi connectivity index (χ2n) is 5.90. The summed E-state index contributed by atoms with van der Waals surface area (Å²) >= 11 is 0. The zero-order valence-corrected chi connectivity index (χ0v) is 12.4. The van der Waals surface area contributed by atoms with Gasteiger partial charge in [0, 0.05) is 39.2 Å². The first-order valence-electron chi connectivity index (χ1n) is 7.60. The number of nitrogens with one attached hydrogen (secondary N) is 1. The molecule has 3 rings (SSSR count). The van der Waals surface area contributed by atoms with Gasteiger partial charge < -0.3 is 15.0 Å². The Hall–Kier alpha value is -1.36. The van der Waals surface area contributed by atoms with E-state index in [1.165, 1.54) is 25.7 Å². The van der Waals surface area contributed by atoms with Gasteiger partial charge in [0.25, 0.3) is 0 Å². The number of nitrogens with zero attached hydrogens (tertiary/aromatic N) is 3. The van der Waals surface area contributed by atoms with Crippen LogP contribution in [0.4, 0.5) is 11.6 Å². The Morgan fingerprint density at radius 2 is 2.20 bits per heavy atom. The molecule has 1 aliphatic heterocycles. The quantitative estimate of drug-likeness (QED) is 0.894. The molecule has 1 N–H and O–H groups in total. The molecular formula is C15H24N4O. The van der Waals surface area contributed by atoms with Crippen LogP contribution in [0.1, 0.15) is 37.4 Å². The zero-order chi connectivity index (χ0) is 13.9. The van der Waals surface area contributed by atoms with Gasteiger partial charge in [-0.3, -0.25) is 0 Å². The third-order valence-corrected chi connectivity index (χ3v) is 4.17. The third-order valence-electron chi connectivity index (χ3n) is 4.17. The summed E-state index contributed by atoms with van der Waals surface area (Å²) in [7, 11) is 3.71. The lowest BCUT2D eigenvalue weighted by Crippen LogP contribution is -2.37. The summed E-state index contributed by atoms with van der Waals surface area (Å²) in [5.74, 6) is 4.23. The Morgan fingerprint density at radius 3 is 2.90 bits per heavy atom. The molecule has 2 aliphatic rings. The molecular weight excluding hydrogens is 252 g/mol. The summed E-state index contributed by atoms with van der Waals surface area (Å²) in [6.45, 7) is 2.97. The smallest absolute Gasteiger partial charge is 0.136 e. The third kappa shape index (κ3) is 3.03. The average molecular weight is 276 g/mol. The van der Waals surface area contributed by atoms with E-state index in [1.54, 1.807) is 7.11 Å². The first-order chi connectivity index (χ1) is 9.80. The molecule has 0 spiro atoms. The number of rotatable bonds is 5. The summed E-state index contributed by atoms with van der Waals surface area (Å²) in [5.41, 5.74) is 0. The van der Waals surface area contributed by atoms with Gasteiger partial charge in [-0.05, 0) is 31.6 Å². The number of piperidine rings is 1. The maximum atomic E-state index is 5.31. The van der Waals surface area contributed by atoms with Crippen molar-refractivity contribution in [1.29, 1.82) is 0 Å². The van der Waals surface area contributed by atoms with Crippen molar-refractivity contribution in [2.75, 3.05) is 44.1 Å². The van der Waals surface area contributed by atoms with Crippen molar-refractivity contribution < 1.29 is 4.74 Å². The molecule has 1 unspecified atom stereocenters. The second kappa shape index (κ2) is 5.95. The van der Waals surface area contributed by atoms with Crippen molar-refractivity contribution in [3.63, 3.8) is 0 Å². The molecule has 2 heterocycles. The van der Waals surface area contributed by atoms with E-state index < -0.39 is 0 Å². The molecule has 1 atom stereocenters. The van der Waals surface area contributed by atoms with Crippen LogP contribution >= 0.6 is 0 Å². The fourth-order valence-corrected chi connectivity index (χ4v) is 2.91. The highest BCUT2D eigenvalue weighted by atomic mass is 16.5. The molecule has 2 fully saturated rings. The van der Waals surface area contributed by atoms with E-state index in [9.17, 15) is 0 Å². The van der Waals surface area contributed by atoms with Crippen LogP contribution in [-0.2, 0) is 4.74 Å². The van der Waals surface area contributed by atoms with E-state index in [0.29, 0.717) is 11.8 Å². The summed E-state index contributed by atoms with van der Waals surface area (Å²) in [5, 5.41) is 3.16. The molecule has 1 saturated heterocycles. The van der Waals surface area contributed by atoms with Crippen LogP contribution in [0.5, 0.6) is 0 Å². The number of ether oxygens (including phenoxy) is 1. The molecule has 0 radical (unpaired) electrons. The maximum absolute atomic E-state index is 5.31. The van der Waals surface area contributed by atoms with E-state index in [2.05, 4.69) is 21.3 Å². The van der Waals surface area contributed by atoms with Crippen LogP contribution in [0.2, 0.25) is 0 Å². The molecule has 20 heavy (non-hydrogen) atoms. The minimum Gasteiger partial charge on any atom is -0.384 e. The number of methoxy groups -OCH3 is 1. The van der Waals surface area contributed by atoms with Gasteiger partial charge in [-0.1, -0.05) is 0 Å². The predicted molar refractivity (Wildman–Crippen MR) is 80.4 cm³/mol. The Balaban J connectivity index is 1.79. The second-order valence-corrected chi connectivity index (χ2v) is 5.90. The lowest BCUT2D eigenvalue weighted by Gasteiger charge is -2.33. The molecule has 0 bridgehead atoms. The molecule has 1 aromatic rings. The van der Waals surface area contributed by atoms with Crippen LogP contribution in [0.25, 0.3) is 0 Å². The van der Waals surface area contributed by atoms with Crippen LogP contribution in [-0.4, -0.2) is 43.8 Å². The summed E-state index contributed by atoms with van der Waals surface area (Å²) in [6, 6.07) is 2.07. The van der Waals surface area contributed by atoms with Crippen LogP contribution in [0, 0.1) is 5.92 Å². The van der Waals surface area contributed by atoms with Crippen molar-refractivity contribution in [2.45, 2.75) is 31.6 Å². The van der Waals surface area contributed by atoms with E-state index >= 15 is 0 Å². The highest BCUT2D eigenvalue weighted by Crippen LogP contribution is 2.39. The van der Waals surface area contributed by atoms with Crippen molar-refractivity contribution in [1.82, 2.24) is 9.97 Å². The molecule has 0 amide bonds. The average Bonchev–Trinajstić information content (AvgIpc) is 3.32. The fourth-order valence-electron chi connectivity index (χ4n) is 2.91. The topological polar surface area (TPSA) is 50.3 Å². The van der Waals surface area contributed by atoms with Gasteiger partial charge in [0.2, 0.25) is 0 Å². The van der Waals surface area contributed by atoms with Gasteiger partial charge in [-0.15, -0.1) is 0 Å². The molecule has 1 aromatic heterocycles. The molecule has 5 heteroatoms. The number of anilines is 2. The normalized spacial score (nSPS) is 22.9. The Bertz CT molecular complexity index is 459. The van der Waals surface area contributed by atoms with E-state index in [-0.39, 0.29) is 0 Å². The highest BCUT2D eigenvalue weighted by Gasteiger charge is 2.28. The SMILES string of the molecule is CNc1cc(N2CCCC(COC)C2)nc(C2CC2)n1. The minimum atomic E-state index is 0.585. The standard InChI is InChI=1S/C15H24N4O/c1-16-13-8-14(18-15(17-13)12-5-6-12)19-7-3-4-11(9-19)10-20-2/h8,11-12H,3-7,9-10H2,1-2H3,(H,16,17,18). The summed E-state index contributed by atoms with van der Waals surface area (Å²) in [4.78, 5) is 11.8. The molecule has 5 nitrogen and oxygen atoms in total. The van der Waals surface area contributed by atoms with E-state index in [0.717, 1.165) is 37.2 Å². The fraction of sp³-hybridized carbons (Fsp3) is 0.733. The van der Waals surface area contributed by atoms with Gasteiger partial charge in [0.15, 0.2) is 0 Å². The van der Waals surface area contributed by atoms with E-state index in [1.807, 2.05) is 7.05 Å². The highest BCUT2D eigenvalue weighted by molar-refractivity contribution is 5.50. The molecule has 1 saturated carbocycles. The van der Waals surface area contributed by atoms with Crippen molar-refractivity contribution in [3.05, 3.63) is 11.9 Å². The summed E-state index contributed by atoms with van der Waals surface area (Å²) in [6.07, 6.45) is 4.94. The van der Waals surface area contributed by atoms with Gasteiger partial charge in [0.05, 0.1) is 6.61 Å². The van der Waals surface area contributed by atoms with Gasteiger partial charge in [-0.2, -0.15) is 0 Å². The predicted octanol–water partition coefficient (Wildman–Crippen LogP) is 2.26. The Labute approximate surface area is 120 Å². The van der Waals surface area contributed by atoms with Crippen LogP contribution in [0.15, 0.2) is 6.07 Å².